The number of benzene rings is 2. The first-order valence-corrected chi connectivity index (χ1v) is 10.2. The van der Waals surface area contributed by atoms with Crippen LogP contribution in [0.3, 0.4) is 0 Å². The summed E-state index contributed by atoms with van der Waals surface area (Å²) >= 11 is 0. The molecule has 1 aliphatic carbocycles. The molecular formula is C24H23FN2O4. The van der Waals surface area contributed by atoms with Gasteiger partial charge in [-0.2, -0.15) is 0 Å². The van der Waals surface area contributed by atoms with Gasteiger partial charge in [0.25, 0.3) is 5.91 Å². The summed E-state index contributed by atoms with van der Waals surface area (Å²) in [6, 6.07) is 16.1. The monoisotopic (exact) mass is 422 g/mol. The van der Waals surface area contributed by atoms with Crippen LogP contribution in [0.25, 0.3) is 0 Å². The molecule has 160 valence electrons. The van der Waals surface area contributed by atoms with Crippen LogP contribution in [0, 0.1) is 11.7 Å². The number of anilines is 1. The summed E-state index contributed by atoms with van der Waals surface area (Å²) in [7, 11) is 0. The first kappa shape index (κ1) is 20.7. The second-order valence-corrected chi connectivity index (χ2v) is 7.59. The molecule has 6 nitrogen and oxygen atoms in total. The Labute approximate surface area is 179 Å². The van der Waals surface area contributed by atoms with E-state index in [9.17, 15) is 14.0 Å². The Morgan fingerprint density at radius 2 is 1.77 bits per heavy atom. The average molecular weight is 422 g/mol. The Morgan fingerprint density at radius 3 is 2.45 bits per heavy atom. The van der Waals surface area contributed by atoms with Gasteiger partial charge in [-0.3, -0.25) is 9.59 Å². The van der Waals surface area contributed by atoms with Crippen LogP contribution in [0.1, 0.15) is 47.7 Å². The summed E-state index contributed by atoms with van der Waals surface area (Å²) in [5, 5.41) is 5.79. The molecule has 7 heteroatoms. The predicted molar refractivity (Wildman–Crippen MR) is 113 cm³/mol. The molecule has 4 rings (SSSR count). The number of carbonyl (C=O) groups is 2. The third-order valence-corrected chi connectivity index (χ3v) is 5.05. The predicted octanol–water partition coefficient (Wildman–Crippen LogP) is 4.84. The highest BCUT2D eigenvalue weighted by molar-refractivity contribution is 5.94. The van der Waals surface area contributed by atoms with Gasteiger partial charge in [0.2, 0.25) is 5.91 Å². The van der Waals surface area contributed by atoms with Crippen molar-refractivity contribution in [3.8, 4) is 5.75 Å². The van der Waals surface area contributed by atoms with Crippen molar-refractivity contribution in [3.05, 3.63) is 83.6 Å². The lowest BCUT2D eigenvalue weighted by Crippen LogP contribution is -2.26. The maximum Gasteiger partial charge on any atom is 0.287 e. The van der Waals surface area contributed by atoms with E-state index in [4.69, 9.17) is 9.15 Å². The van der Waals surface area contributed by atoms with Gasteiger partial charge in [0, 0.05) is 11.6 Å². The van der Waals surface area contributed by atoms with E-state index in [1.165, 1.54) is 24.3 Å². The summed E-state index contributed by atoms with van der Waals surface area (Å²) in [4.78, 5) is 24.3. The van der Waals surface area contributed by atoms with Crippen molar-refractivity contribution < 1.29 is 23.1 Å². The molecule has 0 radical (unpaired) electrons. The number of nitrogens with one attached hydrogen (secondary N) is 2. The summed E-state index contributed by atoms with van der Waals surface area (Å²) in [6.07, 6.45) is 1.92. The van der Waals surface area contributed by atoms with E-state index in [2.05, 4.69) is 10.6 Å². The van der Waals surface area contributed by atoms with Crippen LogP contribution in [0.2, 0.25) is 0 Å². The number of hydrogen-bond acceptors (Lipinski definition) is 4. The van der Waals surface area contributed by atoms with Crippen LogP contribution in [-0.4, -0.2) is 11.8 Å². The molecule has 3 aromatic rings. The molecule has 0 spiro atoms. The van der Waals surface area contributed by atoms with Crippen LogP contribution in [0.4, 0.5) is 10.1 Å². The minimum absolute atomic E-state index is 0.0612. The Morgan fingerprint density at radius 1 is 1.06 bits per heavy atom. The number of rotatable bonds is 8. The molecular weight excluding hydrogens is 399 g/mol. The lowest BCUT2D eigenvalue weighted by molar-refractivity contribution is -0.117. The van der Waals surface area contributed by atoms with Crippen LogP contribution < -0.4 is 15.4 Å². The zero-order valence-corrected chi connectivity index (χ0v) is 17.1. The molecule has 1 heterocycles. The number of ether oxygens (including phenoxy) is 1. The van der Waals surface area contributed by atoms with Gasteiger partial charge in [-0.15, -0.1) is 0 Å². The van der Waals surface area contributed by atoms with Gasteiger partial charge in [-0.1, -0.05) is 12.1 Å². The Bertz CT molecular complexity index is 1060. The molecule has 2 N–H and O–H groups in total. The van der Waals surface area contributed by atoms with E-state index < -0.39 is 0 Å². The van der Waals surface area contributed by atoms with E-state index in [1.54, 1.807) is 12.1 Å². The van der Waals surface area contributed by atoms with Crippen molar-refractivity contribution in [2.75, 3.05) is 5.32 Å². The minimum Gasteiger partial charge on any atom is -0.486 e. The SMILES string of the molecule is CC(NC(=O)c1ccc(COc2ccc(F)cc2)o1)c1ccc(NC(=O)C2CC2)cc1. The highest BCUT2D eigenvalue weighted by Gasteiger charge is 2.29. The van der Waals surface area contributed by atoms with Crippen molar-refractivity contribution >= 4 is 17.5 Å². The van der Waals surface area contributed by atoms with E-state index in [0.29, 0.717) is 11.5 Å². The fraction of sp³-hybridized carbons (Fsp3) is 0.250. The molecule has 0 bridgehead atoms. The minimum atomic E-state index is -0.341. The first-order valence-electron chi connectivity index (χ1n) is 10.2. The lowest BCUT2D eigenvalue weighted by Gasteiger charge is -2.14. The molecule has 0 saturated heterocycles. The number of furan rings is 1. The maximum absolute atomic E-state index is 12.9. The van der Waals surface area contributed by atoms with Gasteiger partial charge >= 0.3 is 0 Å². The van der Waals surface area contributed by atoms with Crippen LogP contribution in [0.15, 0.2) is 65.1 Å². The van der Waals surface area contributed by atoms with E-state index in [0.717, 1.165) is 24.1 Å². The fourth-order valence-corrected chi connectivity index (χ4v) is 3.06. The third-order valence-electron chi connectivity index (χ3n) is 5.05. The Kier molecular flexibility index (Phi) is 6.02. The zero-order chi connectivity index (χ0) is 21.8. The van der Waals surface area contributed by atoms with Crippen molar-refractivity contribution in [3.63, 3.8) is 0 Å². The quantitative estimate of drug-likeness (QED) is 0.545. The fourth-order valence-electron chi connectivity index (χ4n) is 3.06. The molecule has 1 saturated carbocycles. The van der Waals surface area contributed by atoms with Gasteiger partial charge in [-0.05, 0) is 73.9 Å². The van der Waals surface area contributed by atoms with Crippen molar-refractivity contribution in [2.45, 2.75) is 32.4 Å². The van der Waals surface area contributed by atoms with Gasteiger partial charge in [-0.25, -0.2) is 4.39 Å². The van der Waals surface area contributed by atoms with Crippen LogP contribution >= 0.6 is 0 Å². The molecule has 0 aliphatic heterocycles. The van der Waals surface area contributed by atoms with Gasteiger partial charge in [0.1, 0.15) is 23.9 Å². The summed E-state index contributed by atoms with van der Waals surface area (Å²) in [6.45, 7) is 2.00. The second-order valence-electron chi connectivity index (χ2n) is 7.59. The van der Waals surface area contributed by atoms with Crippen molar-refractivity contribution in [1.82, 2.24) is 5.32 Å². The normalized spacial score (nSPS) is 14.0. The summed E-state index contributed by atoms with van der Waals surface area (Å²) in [5.74, 6) is 0.705. The Balaban J connectivity index is 1.29. The topological polar surface area (TPSA) is 80.6 Å². The van der Waals surface area contributed by atoms with E-state index >= 15 is 0 Å². The standard InChI is InChI=1S/C24H23FN2O4/c1-15(16-4-8-19(9-5-16)27-23(28)17-2-3-17)26-24(29)22-13-12-21(31-22)14-30-20-10-6-18(25)7-11-20/h4-13,15,17H,2-3,14H2,1H3,(H,26,29)(H,27,28). The molecule has 2 amide bonds. The third kappa shape index (κ3) is 5.51. The van der Waals surface area contributed by atoms with E-state index in [1.807, 2.05) is 31.2 Å². The van der Waals surface area contributed by atoms with Gasteiger partial charge in [0.15, 0.2) is 5.76 Å². The molecule has 1 fully saturated rings. The molecule has 1 atom stereocenters. The lowest BCUT2D eigenvalue weighted by atomic mass is 10.1. The highest BCUT2D eigenvalue weighted by atomic mass is 19.1. The molecule has 1 unspecified atom stereocenters. The first-order chi connectivity index (χ1) is 15.0. The maximum atomic E-state index is 12.9. The van der Waals surface area contributed by atoms with Gasteiger partial charge in [0.05, 0.1) is 6.04 Å². The smallest absolute Gasteiger partial charge is 0.287 e. The molecule has 1 aliphatic rings. The largest absolute Gasteiger partial charge is 0.486 e. The number of halogens is 1. The molecule has 31 heavy (non-hydrogen) atoms. The van der Waals surface area contributed by atoms with Gasteiger partial charge < -0.3 is 19.8 Å². The van der Waals surface area contributed by atoms with E-state index in [-0.39, 0.29) is 42.0 Å². The highest BCUT2D eigenvalue weighted by Crippen LogP contribution is 2.30. The summed E-state index contributed by atoms with van der Waals surface area (Å²) < 4.78 is 24.0. The zero-order valence-electron chi connectivity index (χ0n) is 17.1. The molecule has 2 aromatic carbocycles. The summed E-state index contributed by atoms with van der Waals surface area (Å²) in [5.41, 5.74) is 1.65. The van der Waals surface area contributed by atoms with Crippen LogP contribution in [-0.2, 0) is 11.4 Å². The van der Waals surface area contributed by atoms with Crippen LogP contribution in [0.5, 0.6) is 5.75 Å². The number of amides is 2. The van der Waals surface area contributed by atoms with Crippen molar-refractivity contribution in [1.29, 1.82) is 0 Å². The molecule has 1 aromatic heterocycles. The Hall–Kier alpha value is -3.61. The average Bonchev–Trinajstić information content (AvgIpc) is 3.52. The van der Waals surface area contributed by atoms with Crippen molar-refractivity contribution in [2.24, 2.45) is 5.92 Å². The number of carbonyl (C=O) groups excluding carboxylic acids is 2. The second kappa shape index (κ2) is 9.04. The number of hydrogen-bond donors (Lipinski definition) is 2.